The minimum atomic E-state index is -1.01. The molecule has 0 bridgehead atoms. The Balaban J connectivity index is 2.76. The lowest BCUT2D eigenvalue weighted by Gasteiger charge is -2.32. The van der Waals surface area contributed by atoms with E-state index in [1.165, 1.54) is 0 Å². The first-order chi connectivity index (χ1) is 9.89. The first-order valence-corrected chi connectivity index (χ1v) is 7.82. The molecule has 1 atom stereocenters. The molecule has 1 rings (SSSR count). The standard InChI is InChI=1S/C16H28BFO4/c1-10(2)12(14(19)20)9-8-11(3)13(18)17-21-15(4,5)16(6,7)22-17/h10,12H,8-9H2,1-7H3,(H,19,20). The lowest BCUT2D eigenvalue weighted by molar-refractivity contribution is -0.143. The second-order valence-corrected chi connectivity index (χ2v) is 7.44. The van der Waals surface area contributed by atoms with E-state index in [0.29, 0.717) is 18.4 Å². The van der Waals surface area contributed by atoms with Crippen molar-refractivity contribution < 1.29 is 23.6 Å². The zero-order valence-electron chi connectivity index (χ0n) is 14.7. The van der Waals surface area contributed by atoms with E-state index >= 15 is 0 Å². The first-order valence-electron chi connectivity index (χ1n) is 7.82. The predicted octanol–water partition coefficient (Wildman–Crippen LogP) is 4.00. The van der Waals surface area contributed by atoms with Crippen LogP contribution in [0.4, 0.5) is 4.39 Å². The minimum absolute atomic E-state index is 0.0187. The third-order valence-electron chi connectivity index (χ3n) is 4.82. The van der Waals surface area contributed by atoms with Crippen molar-refractivity contribution in [2.75, 3.05) is 0 Å². The fourth-order valence-electron chi connectivity index (χ4n) is 2.38. The van der Waals surface area contributed by atoms with E-state index in [-0.39, 0.29) is 5.92 Å². The van der Waals surface area contributed by atoms with Crippen molar-refractivity contribution in [3.05, 3.63) is 11.3 Å². The van der Waals surface area contributed by atoms with E-state index in [2.05, 4.69) is 0 Å². The molecule has 0 aromatic heterocycles. The largest absolute Gasteiger partial charge is 0.525 e. The zero-order valence-corrected chi connectivity index (χ0v) is 14.7. The number of carbonyl (C=O) groups is 1. The number of allylic oxidation sites excluding steroid dienone is 1. The van der Waals surface area contributed by atoms with Crippen molar-refractivity contribution in [3.8, 4) is 0 Å². The fourth-order valence-corrected chi connectivity index (χ4v) is 2.38. The third kappa shape index (κ3) is 4.10. The Hall–Kier alpha value is -0.875. The molecule has 1 fully saturated rings. The molecule has 0 spiro atoms. The summed E-state index contributed by atoms with van der Waals surface area (Å²) < 4.78 is 25.9. The van der Waals surface area contributed by atoms with Crippen LogP contribution in [0.15, 0.2) is 11.3 Å². The van der Waals surface area contributed by atoms with Crippen LogP contribution in [-0.2, 0) is 14.1 Å². The fraction of sp³-hybridized carbons (Fsp3) is 0.812. The van der Waals surface area contributed by atoms with Gasteiger partial charge in [0.2, 0.25) is 0 Å². The molecule has 1 N–H and O–H groups in total. The molecule has 0 aliphatic carbocycles. The van der Waals surface area contributed by atoms with Crippen molar-refractivity contribution in [1.82, 2.24) is 0 Å². The molecule has 4 nitrogen and oxygen atoms in total. The molecular formula is C16H28BFO4. The summed E-state index contributed by atoms with van der Waals surface area (Å²) in [5.74, 6) is -1.29. The van der Waals surface area contributed by atoms with Crippen LogP contribution in [0.2, 0.25) is 0 Å². The van der Waals surface area contributed by atoms with Gasteiger partial charge in [-0.05, 0) is 59.0 Å². The van der Waals surface area contributed by atoms with Gasteiger partial charge < -0.3 is 14.4 Å². The highest BCUT2D eigenvalue weighted by Gasteiger charge is 2.53. The Morgan fingerprint density at radius 1 is 1.18 bits per heavy atom. The van der Waals surface area contributed by atoms with Crippen LogP contribution in [0.3, 0.4) is 0 Å². The molecule has 6 heteroatoms. The first kappa shape index (κ1) is 19.2. The highest BCUT2D eigenvalue weighted by molar-refractivity contribution is 6.53. The van der Waals surface area contributed by atoms with Gasteiger partial charge in [-0.25, -0.2) is 4.39 Å². The maximum atomic E-state index is 14.5. The molecule has 1 aliphatic rings. The molecule has 0 amide bonds. The molecule has 0 aromatic rings. The summed E-state index contributed by atoms with van der Waals surface area (Å²) in [6.07, 6.45) is 0.789. The Labute approximate surface area is 133 Å². The molecular weight excluding hydrogens is 286 g/mol. The van der Waals surface area contributed by atoms with E-state index in [1.807, 2.05) is 41.5 Å². The molecule has 1 aliphatic heterocycles. The van der Waals surface area contributed by atoms with Gasteiger partial charge in [0.05, 0.1) is 17.1 Å². The third-order valence-corrected chi connectivity index (χ3v) is 4.82. The van der Waals surface area contributed by atoms with Crippen LogP contribution in [0.1, 0.15) is 61.3 Å². The van der Waals surface area contributed by atoms with Crippen molar-refractivity contribution in [2.45, 2.75) is 72.5 Å². The normalized spacial score (nSPS) is 22.7. The summed E-state index contributed by atoms with van der Waals surface area (Å²) in [4.78, 5) is 11.2. The van der Waals surface area contributed by atoms with E-state index in [4.69, 9.17) is 9.31 Å². The molecule has 22 heavy (non-hydrogen) atoms. The Morgan fingerprint density at radius 2 is 1.64 bits per heavy atom. The van der Waals surface area contributed by atoms with Gasteiger partial charge in [-0.2, -0.15) is 0 Å². The van der Waals surface area contributed by atoms with Gasteiger partial charge in [0.25, 0.3) is 0 Å². The van der Waals surface area contributed by atoms with E-state index in [0.717, 1.165) is 0 Å². The molecule has 126 valence electrons. The van der Waals surface area contributed by atoms with Crippen molar-refractivity contribution in [1.29, 1.82) is 0 Å². The van der Waals surface area contributed by atoms with E-state index in [9.17, 15) is 14.3 Å². The quantitative estimate of drug-likeness (QED) is 0.753. The lowest BCUT2D eigenvalue weighted by Crippen LogP contribution is -2.41. The van der Waals surface area contributed by atoms with Gasteiger partial charge in [-0.15, -0.1) is 0 Å². The van der Waals surface area contributed by atoms with Gasteiger partial charge in [-0.1, -0.05) is 13.8 Å². The molecule has 1 saturated heterocycles. The average molecular weight is 314 g/mol. The maximum absolute atomic E-state index is 14.5. The predicted molar refractivity (Wildman–Crippen MR) is 85.1 cm³/mol. The average Bonchev–Trinajstić information content (AvgIpc) is 2.56. The zero-order chi connectivity index (χ0) is 17.3. The van der Waals surface area contributed by atoms with Crippen LogP contribution < -0.4 is 0 Å². The molecule has 1 heterocycles. The summed E-state index contributed by atoms with van der Waals surface area (Å²) in [5.41, 5.74) is -1.12. The van der Waals surface area contributed by atoms with Crippen LogP contribution in [0.25, 0.3) is 0 Å². The van der Waals surface area contributed by atoms with Gasteiger partial charge in [-0.3, -0.25) is 4.79 Å². The Bertz CT molecular complexity index is 441. The smallest absolute Gasteiger partial charge is 0.481 e. The number of halogens is 1. The number of aliphatic carboxylic acids is 1. The summed E-state index contributed by atoms with van der Waals surface area (Å²) in [6.45, 7) is 12.9. The summed E-state index contributed by atoms with van der Waals surface area (Å²) in [6, 6.07) is 0. The van der Waals surface area contributed by atoms with Gasteiger partial charge in [0.15, 0.2) is 0 Å². The van der Waals surface area contributed by atoms with Crippen molar-refractivity contribution in [3.63, 3.8) is 0 Å². The molecule has 0 radical (unpaired) electrons. The second kappa shape index (κ2) is 6.71. The van der Waals surface area contributed by atoms with Crippen LogP contribution >= 0.6 is 0 Å². The molecule has 0 aromatic carbocycles. The Morgan fingerprint density at radius 3 is 2.00 bits per heavy atom. The van der Waals surface area contributed by atoms with Gasteiger partial charge >= 0.3 is 13.1 Å². The molecule has 0 saturated carbocycles. The van der Waals surface area contributed by atoms with Crippen LogP contribution in [0.5, 0.6) is 0 Å². The number of hydrogen-bond donors (Lipinski definition) is 1. The number of carboxylic acids is 1. The number of hydrogen-bond acceptors (Lipinski definition) is 3. The molecule has 1 unspecified atom stereocenters. The second-order valence-electron chi connectivity index (χ2n) is 7.44. The maximum Gasteiger partial charge on any atom is 0.525 e. The van der Waals surface area contributed by atoms with E-state index < -0.39 is 35.9 Å². The highest BCUT2D eigenvalue weighted by atomic mass is 19.1. The Kier molecular flexibility index (Phi) is 5.85. The van der Waals surface area contributed by atoms with E-state index in [1.54, 1.807) is 6.92 Å². The monoisotopic (exact) mass is 314 g/mol. The van der Waals surface area contributed by atoms with Crippen molar-refractivity contribution in [2.24, 2.45) is 11.8 Å². The summed E-state index contributed by atoms with van der Waals surface area (Å²) in [7, 11) is -1.01. The van der Waals surface area contributed by atoms with Crippen LogP contribution in [-0.4, -0.2) is 29.4 Å². The lowest BCUT2D eigenvalue weighted by atomic mass is 9.82. The number of carboxylic acid groups (broad SMARTS) is 1. The van der Waals surface area contributed by atoms with Crippen LogP contribution in [0, 0.1) is 11.8 Å². The number of rotatable bonds is 6. The summed E-state index contributed by atoms with van der Waals surface area (Å²) in [5, 5.41) is 9.18. The SMILES string of the molecule is CC(CCC(C(=O)O)C(C)C)=C(F)B1OC(C)(C)C(C)(C)O1. The van der Waals surface area contributed by atoms with Gasteiger partial charge in [0, 0.05) is 0 Å². The topological polar surface area (TPSA) is 55.8 Å². The van der Waals surface area contributed by atoms with Crippen molar-refractivity contribution >= 4 is 13.1 Å². The minimum Gasteiger partial charge on any atom is -0.481 e. The summed E-state index contributed by atoms with van der Waals surface area (Å²) >= 11 is 0. The highest BCUT2D eigenvalue weighted by Crippen LogP contribution is 2.39. The van der Waals surface area contributed by atoms with Gasteiger partial charge in [0.1, 0.15) is 5.73 Å².